The maximum atomic E-state index is 12.7. The SMILES string of the molecule is O=C1N(Cc2ccc(OC(F)(F)F)cc2)CCN1c1ccc2c(c1)CCC2. The molecule has 27 heavy (non-hydrogen) atoms. The lowest BCUT2D eigenvalue weighted by atomic mass is 10.1. The third-order valence-electron chi connectivity index (χ3n) is 5.02. The van der Waals surface area contributed by atoms with Gasteiger partial charge in [0.2, 0.25) is 0 Å². The number of carbonyl (C=O) groups excluding carboxylic acids is 1. The van der Waals surface area contributed by atoms with E-state index in [2.05, 4.69) is 16.9 Å². The van der Waals surface area contributed by atoms with Gasteiger partial charge in [-0.25, -0.2) is 4.79 Å². The number of anilines is 1. The van der Waals surface area contributed by atoms with Crippen molar-refractivity contribution in [2.45, 2.75) is 32.2 Å². The van der Waals surface area contributed by atoms with Gasteiger partial charge in [0.1, 0.15) is 5.75 Å². The van der Waals surface area contributed by atoms with Crippen LogP contribution in [0.2, 0.25) is 0 Å². The number of benzene rings is 2. The lowest BCUT2D eigenvalue weighted by Crippen LogP contribution is -2.31. The first-order chi connectivity index (χ1) is 12.9. The summed E-state index contributed by atoms with van der Waals surface area (Å²) in [6.45, 7) is 1.54. The zero-order valence-electron chi connectivity index (χ0n) is 14.6. The van der Waals surface area contributed by atoms with E-state index in [1.54, 1.807) is 21.9 Å². The zero-order chi connectivity index (χ0) is 19.0. The fourth-order valence-corrected chi connectivity index (χ4v) is 3.71. The number of nitrogens with zero attached hydrogens (tertiary/aromatic N) is 2. The van der Waals surface area contributed by atoms with Crippen LogP contribution in [0.1, 0.15) is 23.1 Å². The van der Waals surface area contributed by atoms with Crippen LogP contribution in [0.15, 0.2) is 42.5 Å². The van der Waals surface area contributed by atoms with E-state index in [1.165, 1.54) is 23.3 Å². The Kier molecular flexibility index (Phi) is 4.45. The Morgan fingerprint density at radius 1 is 0.963 bits per heavy atom. The van der Waals surface area contributed by atoms with Crippen molar-refractivity contribution < 1.29 is 22.7 Å². The molecule has 1 heterocycles. The molecule has 0 unspecified atom stereocenters. The van der Waals surface area contributed by atoms with Crippen LogP contribution in [-0.2, 0) is 19.4 Å². The number of halogens is 3. The van der Waals surface area contributed by atoms with Gasteiger partial charge in [0.05, 0.1) is 0 Å². The van der Waals surface area contributed by atoms with Crippen LogP contribution < -0.4 is 9.64 Å². The molecule has 0 bridgehead atoms. The molecule has 0 saturated carbocycles. The summed E-state index contributed by atoms with van der Waals surface area (Å²) in [6.07, 6.45) is -1.39. The maximum absolute atomic E-state index is 12.7. The first-order valence-electron chi connectivity index (χ1n) is 8.92. The van der Waals surface area contributed by atoms with Crippen molar-refractivity contribution in [3.63, 3.8) is 0 Å². The van der Waals surface area contributed by atoms with E-state index in [0.29, 0.717) is 19.6 Å². The van der Waals surface area contributed by atoms with Crippen LogP contribution in [0.25, 0.3) is 0 Å². The van der Waals surface area contributed by atoms with Gasteiger partial charge in [-0.05, 0) is 60.2 Å². The second kappa shape index (κ2) is 6.79. The molecule has 2 aromatic rings. The Bertz CT molecular complexity index is 849. The topological polar surface area (TPSA) is 32.8 Å². The van der Waals surface area contributed by atoms with Crippen LogP contribution in [0, 0.1) is 0 Å². The number of hydrogen-bond acceptors (Lipinski definition) is 2. The molecule has 1 aliphatic carbocycles. The van der Waals surface area contributed by atoms with E-state index in [1.807, 2.05) is 6.07 Å². The average molecular weight is 376 g/mol. The Balaban J connectivity index is 1.42. The standard InChI is InChI=1S/C20H19F3N2O2/c21-20(22,23)27-18-8-4-14(5-9-18)13-24-10-11-25(19(24)26)17-7-6-15-2-1-3-16(15)12-17/h4-9,12H,1-3,10-11,13H2. The van der Waals surface area contributed by atoms with E-state index in [0.717, 1.165) is 30.5 Å². The number of alkyl halides is 3. The van der Waals surface area contributed by atoms with Gasteiger partial charge >= 0.3 is 12.4 Å². The summed E-state index contributed by atoms with van der Waals surface area (Å²) in [5.74, 6) is -0.265. The lowest BCUT2D eigenvalue weighted by Gasteiger charge is -2.19. The number of aryl methyl sites for hydroxylation is 2. The zero-order valence-corrected chi connectivity index (χ0v) is 14.6. The highest BCUT2D eigenvalue weighted by molar-refractivity contribution is 5.94. The van der Waals surface area contributed by atoms with Crippen molar-refractivity contribution in [3.05, 3.63) is 59.2 Å². The Morgan fingerprint density at radius 2 is 1.70 bits per heavy atom. The van der Waals surface area contributed by atoms with Gasteiger partial charge < -0.3 is 9.64 Å². The van der Waals surface area contributed by atoms with E-state index in [-0.39, 0.29) is 11.8 Å². The second-order valence-corrected chi connectivity index (χ2v) is 6.85. The molecule has 0 aromatic heterocycles. The van der Waals surface area contributed by atoms with Crippen molar-refractivity contribution in [2.75, 3.05) is 18.0 Å². The molecule has 142 valence electrons. The Labute approximate surface area is 155 Å². The van der Waals surface area contributed by atoms with E-state index >= 15 is 0 Å². The normalized spacial score (nSPS) is 16.8. The molecule has 0 spiro atoms. The summed E-state index contributed by atoms with van der Waals surface area (Å²) in [5.41, 5.74) is 4.35. The largest absolute Gasteiger partial charge is 0.573 e. The first-order valence-corrected chi connectivity index (χ1v) is 8.92. The van der Waals surface area contributed by atoms with Crippen molar-refractivity contribution >= 4 is 11.7 Å². The lowest BCUT2D eigenvalue weighted by molar-refractivity contribution is -0.274. The van der Waals surface area contributed by atoms with Gasteiger partial charge in [0.25, 0.3) is 0 Å². The summed E-state index contributed by atoms with van der Waals surface area (Å²) in [7, 11) is 0. The molecule has 4 rings (SSSR count). The molecule has 1 aliphatic heterocycles. The smallest absolute Gasteiger partial charge is 0.406 e. The van der Waals surface area contributed by atoms with Crippen LogP contribution in [0.4, 0.5) is 23.7 Å². The van der Waals surface area contributed by atoms with Crippen LogP contribution in [-0.4, -0.2) is 30.4 Å². The minimum Gasteiger partial charge on any atom is -0.406 e. The molecule has 2 aliphatic rings. The molecule has 2 aromatic carbocycles. The molecule has 0 atom stereocenters. The first kappa shape index (κ1) is 17.7. The average Bonchev–Trinajstić information content (AvgIpc) is 3.22. The minimum atomic E-state index is -4.71. The molecule has 1 fully saturated rings. The summed E-state index contributed by atoms with van der Waals surface area (Å²) >= 11 is 0. The highest BCUT2D eigenvalue weighted by Crippen LogP contribution is 2.29. The van der Waals surface area contributed by atoms with Gasteiger partial charge in [0, 0.05) is 25.3 Å². The van der Waals surface area contributed by atoms with Gasteiger partial charge in [-0.2, -0.15) is 0 Å². The molecule has 2 amide bonds. The maximum Gasteiger partial charge on any atom is 0.573 e. The quantitative estimate of drug-likeness (QED) is 0.786. The molecular formula is C20H19F3N2O2. The van der Waals surface area contributed by atoms with E-state index in [9.17, 15) is 18.0 Å². The predicted molar refractivity (Wildman–Crippen MR) is 94.7 cm³/mol. The molecule has 1 saturated heterocycles. The monoisotopic (exact) mass is 376 g/mol. The van der Waals surface area contributed by atoms with Gasteiger partial charge in [-0.1, -0.05) is 18.2 Å². The summed E-state index contributed by atoms with van der Waals surface area (Å²) in [4.78, 5) is 16.2. The Hall–Kier alpha value is -2.70. The number of amides is 2. The van der Waals surface area contributed by atoms with Gasteiger partial charge in [-0.15, -0.1) is 13.2 Å². The Morgan fingerprint density at radius 3 is 2.44 bits per heavy atom. The summed E-state index contributed by atoms with van der Waals surface area (Å²) in [5, 5.41) is 0. The van der Waals surface area contributed by atoms with Crippen molar-refractivity contribution in [2.24, 2.45) is 0 Å². The van der Waals surface area contributed by atoms with Crippen LogP contribution >= 0.6 is 0 Å². The van der Waals surface area contributed by atoms with Crippen molar-refractivity contribution in [1.82, 2.24) is 4.90 Å². The number of urea groups is 1. The van der Waals surface area contributed by atoms with Crippen molar-refractivity contribution in [3.8, 4) is 5.75 Å². The second-order valence-electron chi connectivity index (χ2n) is 6.85. The highest BCUT2D eigenvalue weighted by atomic mass is 19.4. The fourth-order valence-electron chi connectivity index (χ4n) is 3.71. The predicted octanol–water partition coefficient (Wildman–Crippen LogP) is 4.52. The molecule has 0 radical (unpaired) electrons. The van der Waals surface area contributed by atoms with Crippen LogP contribution in [0.3, 0.4) is 0 Å². The number of hydrogen-bond donors (Lipinski definition) is 0. The summed E-state index contributed by atoms with van der Waals surface area (Å²) < 4.78 is 40.6. The van der Waals surface area contributed by atoms with Gasteiger partial charge in [0.15, 0.2) is 0 Å². The summed E-state index contributed by atoms with van der Waals surface area (Å²) in [6, 6.07) is 11.8. The van der Waals surface area contributed by atoms with Crippen molar-refractivity contribution in [1.29, 1.82) is 0 Å². The van der Waals surface area contributed by atoms with E-state index in [4.69, 9.17) is 0 Å². The minimum absolute atomic E-state index is 0.0800. The molecule has 0 N–H and O–H groups in total. The number of rotatable bonds is 4. The fraction of sp³-hybridized carbons (Fsp3) is 0.350. The number of carbonyl (C=O) groups is 1. The van der Waals surface area contributed by atoms with Gasteiger partial charge in [-0.3, -0.25) is 4.90 Å². The number of ether oxygens (including phenoxy) is 1. The molecule has 7 heteroatoms. The van der Waals surface area contributed by atoms with E-state index < -0.39 is 6.36 Å². The third-order valence-corrected chi connectivity index (χ3v) is 5.02. The molecular weight excluding hydrogens is 357 g/mol. The number of fused-ring (bicyclic) bond motifs is 1. The molecule has 4 nitrogen and oxygen atoms in total. The highest BCUT2D eigenvalue weighted by Gasteiger charge is 2.32. The third kappa shape index (κ3) is 3.86. The van der Waals surface area contributed by atoms with Crippen LogP contribution in [0.5, 0.6) is 5.75 Å².